The summed E-state index contributed by atoms with van der Waals surface area (Å²) in [6.07, 6.45) is 4.28. The van der Waals surface area contributed by atoms with Gasteiger partial charge < -0.3 is 9.47 Å². The van der Waals surface area contributed by atoms with Crippen LogP contribution in [0.5, 0.6) is 0 Å². The fraction of sp³-hybridized carbons (Fsp3) is 0.409. The lowest BCUT2D eigenvalue weighted by Crippen LogP contribution is -2.39. The quantitative estimate of drug-likeness (QED) is 0.0788. The SMILES string of the molecule is CN(CC#CCCC1(OC(=O)C(=O)OC2(CCC#CCN(C)Cc3ccc4ccccc4c3)SCCCS2)SCCCS1)Cc1ccc2ccccc2c1. The Kier molecular flexibility index (Phi) is 15.0. The molecule has 0 aliphatic carbocycles. The maximum atomic E-state index is 13.3. The second-order valence-corrected chi connectivity index (χ2v) is 19.6. The van der Waals surface area contributed by atoms with Gasteiger partial charge in [0.2, 0.25) is 8.53 Å². The van der Waals surface area contributed by atoms with Crippen molar-refractivity contribution < 1.29 is 19.1 Å². The van der Waals surface area contributed by atoms with Crippen LogP contribution in [0, 0.1) is 23.7 Å². The minimum Gasteiger partial charge on any atom is -0.430 e. The van der Waals surface area contributed by atoms with E-state index in [1.165, 1.54) is 32.7 Å². The van der Waals surface area contributed by atoms with Crippen molar-refractivity contribution in [3.8, 4) is 23.7 Å². The Bertz CT molecular complexity index is 1880. The summed E-state index contributed by atoms with van der Waals surface area (Å²) in [6.45, 7) is 2.89. The monoisotopic (exact) mass is 796 g/mol. The minimum absolute atomic E-state index is 0.544. The molecule has 2 aliphatic heterocycles. The lowest BCUT2D eigenvalue weighted by molar-refractivity contribution is -0.171. The number of ether oxygens (including phenoxy) is 2. The molecule has 0 aromatic heterocycles. The van der Waals surface area contributed by atoms with Gasteiger partial charge in [-0.05, 0) is 94.8 Å². The molecule has 10 heteroatoms. The number of hydrogen-bond donors (Lipinski definition) is 0. The molecule has 4 aromatic carbocycles. The van der Waals surface area contributed by atoms with Gasteiger partial charge in [-0.2, -0.15) is 0 Å². The molecule has 2 saturated heterocycles. The maximum absolute atomic E-state index is 13.3. The molecule has 2 heterocycles. The normalized spacial score (nSPS) is 16.3. The van der Waals surface area contributed by atoms with Crippen LogP contribution in [0.25, 0.3) is 21.5 Å². The van der Waals surface area contributed by atoms with E-state index in [1.807, 2.05) is 0 Å². The predicted octanol–water partition coefficient (Wildman–Crippen LogP) is 9.26. The van der Waals surface area contributed by atoms with Crippen molar-refractivity contribution in [2.75, 3.05) is 50.2 Å². The van der Waals surface area contributed by atoms with Gasteiger partial charge in [-0.15, -0.1) is 58.9 Å². The first kappa shape index (κ1) is 40.4. The van der Waals surface area contributed by atoms with Crippen LogP contribution >= 0.6 is 47.0 Å². The van der Waals surface area contributed by atoms with Gasteiger partial charge in [0, 0.05) is 38.8 Å². The summed E-state index contributed by atoms with van der Waals surface area (Å²) < 4.78 is 10.3. The molecule has 2 fully saturated rings. The standard InChI is InChI=1S/C44H48N2O4S4/c1-45(33-35-19-21-37-15-5-7-17-39(37)31-35)25-11-3-9-23-43(51-27-13-28-52-43)49-41(47)42(48)50-44(53-29-14-30-54-44)24-10-4-12-26-46(2)34-36-20-22-38-16-6-8-18-40(38)32-36/h5-8,15-22,31-32H,9-10,13-14,23-30,33-34H2,1-2H3. The van der Waals surface area contributed by atoms with Crippen LogP contribution in [0.4, 0.5) is 0 Å². The number of carbonyl (C=O) groups excluding carboxylic acids is 2. The molecule has 4 aromatic rings. The molecular formula is C44H48N2O4S4. The van der Waals surface area contributed by atoms with Gasteiger partial charge in [-0.1, -0.05) is 84.6 Å². The summed E-state index contributed by atoms with van der Waals surface area (Å²) >= 11 is 6.37. The van der Waals surface area contributed by atoms with Crippen LogP contribution in [0.1, 0.15) is 49.7 Å². The lowest BCUT2D eigenvalue weighted by Gasteiger charge is -2.36. The Balaban J connectivity index is 0.967. The second kappa shape index (κ2) is 20.1. The molecule has 6 rings (SSSR count). The number of nitrogens with zero attached hydrogens (tertiary/aromatic N) is 2. The Hall–Kier alpha value is -3.22. The zero-order valence-corrected chi connectivity index (χ0v) is 34.4. The van der Waals surface area contributed by atoms with Gasteiger partial charge in [0.25, 0.3) is 0 Å². The highest BCUT2D eigenvalue weighted by Crippen LogP contribution is 2.48. The first-order valence-corrected chi connectivity index (χ1v) is 22.5. The highest BCUT2D eigenvalue weighted by molar-refractivity contribution is 8.19. The predicted molar refractivity (Wildman–Crippen MR) is 231 cm³/mol. The third kappa shape index (κ3) is 11.9. The smallest absolute Gasteiger partial charge is 0.419 e. The molecule has 2 aliphatic rings. The first-order chi connectivity index (χ1) is 26.3. The third-order valence-corrected chi connectivity index (χ3v) is 15.4. The van der Waals surface area contributed by atoms with E-state index in [4.69, 9.17) is 9.47 Å². The van der Waals surface area contributed by atoms with Gasteiger partial charge in [0.1, 0.15) is 0 Å². The zero-order chi connectivity index (χ0) is 37.6. The molecule has 0 unspecified atom stereocenters. The zero-order valence-electron chi connectivity index (χ0n) is 31.1. The summed E-state index contributed by atoms with van der Waals surface area (Å²) in [5.41, 5.74) is 2.50. The number of esters is 2. The van der Waals surface area contributed by atoms with Crippen molar-refractivity contribution in [3.63, 3.8) is 0 Å². The van der Waals surface area contributed by atoms with Crippen LogP contribution in [-0.2, 0) is 32.2 Å². The third-order valence-electron chi connectivity index (χ3n) is 9.12. The summed E-state index contributed by atoms with van der Waals surface area (Å²) in [4.78, 5) is 31.0. The van der Waals surface area contributed by atoms with Crippen molar-refractivity contribution >= 4 is 80.5 Å². The molecule has 6 nitrogen and oxygen atoms in total. The van der Waals surface area contributed by atoms with Crippen molar-refractivity contribution in [1.82, 2.24) is 9.80 Å². The Morgan fingerprint density at radius 2 is 0.963 bits per heavy atom. The van der Waals surface area contributed by atoms with Crippen LogP contribution in [0.15, 0.2) is 84.9 Å². The van der Waals surface area contributed by atoms with E-state index in [0.717, 1.165) is 48.9 Å². The molecule has 0 bridgehead atoms. The van der Waals surface area contributed by atoms with Gasteiger partial charge >= 0.3 is 11.9 Å². The molecule has 0 saturated carbocycles. The van der Waals surface area contributed by atoms with E-state index in [1.54, 1.807) is 47.0 Å². The Morgan fingerprint density at radius 1 is 0.574 bits per heavy atom. The Labute approximate surface area is 337 Å². The molecule has 0 radical (unpaired) electrons. The molecule has 0 N–H and O–H groups in total. The summed E-state index contributed by atoms with van der Waals surface area (Å²) in [5, 5.41) is 4.96. The van der Waals surface area contributed by atoms with Crippen LogP contribution < -0.4 is 0 Å². The summed E-state index contributed by atoms with van der Waals surface area (Å²) in [7, 11) is 4.14. The van der Waals surface area contributed by atoms with Gasteiger partial charge in [-0.25, -0.2) is 9.59 Å². The van der Waals surface area contributed by atoms with Crippen LogP contribution in [0.2, 0.25) is 0 Å². The lowest BCUT2D eigenvalue weighted by atomic mass is 10.1. The van der Waals surface area contributed by atoms with E-state index >= 15 is 0 Å². The van der Waals surface area contributed by atoms with Crippen LogP contribution in [0.3, 0.4) is 0 Å². The number of benzene rings is 4. The molecule has 0 spiro atoms. The molecule has 54 heavy (non-hydrogen) atoms. The number of fused-ring (bicyclic) bond motifs is 2. The number of thioether (sulfide) groups is 4. The fourth-order valence-corrected chi connectivity index (χ4v) is 12.3. The number of carbonyl (C=O) groups is 2. The molecule has 0 amide bonds. The number of hydrogen-bond acceptors (Lipinski definition) is 10. The second-order valence-electron chi connectivity index (χ2n) is 13.7. The highest BCUT2D eigenvalue weighted by atomic mass is 32.2. The van der Waals surface area contributed by atoms with E-state index in [2.05, 4.69) is 133 Å². The maximum Gasteiger partial charge on any atom is 0.419 e. The minimum atomic E-state index is -0.924. The summed E-state index contributed by atoms with van der Waals surface area (Å²) in [6, 6.07) is 29.9. The van der Waals surface area contributed by atoms with E-state index in [-0.39, 0.29) is 0 Å². The average Bonchev–Trinajstić information content (AvgIpc) is 3.18. The Morgan fingerprint density at radius 3 is 1.37 bits per heavy atom. The van der Waals surface area contributed by atoms with Crippen molar-refractivity contribution in [3.05, 3.63) is 96.1 Å². The van der Waals surface area contributed by atoms with Gasteiger partial charge in [0.15, 0.2) is 0 Å². The van der Waals surface area contributed by atoms with Gasteiger partial charge in [0.05, 0.1) is 13.1 Å². The fourth-order valence-electron chi connectivity index (χ4n) is 6.39. The van der Waals surface area contributed by atoms with Crippen molar-refractivity contribution in [2.24, 2.45) is 0 Å². The van der Waals surface area contributed by atoms with Crippen LogP contribution in [-0.4, -0.2) is 80.5 Å². The van der Waals surface area contributed by atoms with Crippen molar-refractivity contribution in [1.29, 1.82) is 0 Å². The van der Waals surface area contributed by atoms with Gasteiger partial charge in [-0.3, -0.25) is 9.80 Å². The van der Waals surface area contributed by atoms with Crippen molar-refractivity contribution in [2.45, 2.75) is 60.1 Å². The van der Waals surface area contributed by atoms with E-state index in [0.29, 0.717) is 38.8 Å². The first-order valence-electron chi connectivity index (χ1n) is 18.6. The topological polar surface area (TPSA) is 59.1 Å². The largest absolute Gasteiger partial charge is 0.430 e. The number of rotatable bonds is 12. The highest BCUT2D eigenvalue weighted by Gasteiger charge is 2.43. The molecular weight excluding hydrogens is 749 g/mol. The molecule has 0 atom stereocenters. The molecule has 282 valence electrons. The van der Waals surface area contributed by atoms with E-state index < -0.39 is 20.5 Å². The summed E-state index contributed by atoms with van der Waals surface area (Å²) in [5.74, 6) is 14.8. The average molecular weight is 797 g/mol. The van der Waals surface area contributed by atoms with E-state index in [9.17, 15) is 9.59 Å².